The number of nitrogens with two attached hydrogens (primary N) is 1. The van der Waals surface area contributed by atoms with Gasteiger partial charge >= 0.3 is 6.03 Å². The third-order valence-corrected chi connectivity index (χ3v) is 4.86. The van der Waals surface area contributed by atoms with Crippen molar-refractivity contribution in [3.63, 3.8) is 0 Å². The van der Waals surface area contributed by atoms with Crippen LogP contribution in [0.15, 0.2) is 24.3 Å². The molecule has 0 bridgehead atoms. The summed E-state index contributed by atoms with van der Waals surface area (Å²) in [6, 6.07) is 6.04. The van der Waals surface area contributed by atoms with E-state index in [1.54, 1.807) is 24.3 Å². The fourth-order valence-corrected chi connectivity index (χ4v) is 3.36. The van der Waals surface area contributed by atoms with E-state index in [2.05, 4.69) is 15.5 Å². The highest BCUT2D eigenvalue weighted by Crippen LogP contribution is 2.18. The van der Waals surface area contributed by atoms with Crippen LogP contribution in [0.5, 0.6) is 0 Å². The lowest BCUT2D eigenvalue weighted by Crippen LogP contribution is -2.44. The van der Waals surface area contributed by atoms with Gasteiger partial charge in [-0.2, -0.15) is 0 Å². The molecule has 1 unspecified atom stereocenters. The number of rotatable bonds is 6. The Labute approximate surface area is 156 Å². The van der Waals surface area contributed by atoms with Crippen LogP contribution in [-0.4, -0.2) is 61.4 Å². The first-order valence-electron chi connectivity index (χ1n) is 8.95. The Kier molecular flexibility index (Phi) is 5.70. The molecule has 1 aromatic rings. The molecule has 0 spiro atoms. The largest absolute Gasteiger partial charge is 0.369 e. The maximum atomic E-state index is 12.3. The van der Waals surface area contributed by atoms with E-state index >= 15 is 0 Å². The number of nitrogens with one attached hydrogen (secondary N) is 2. The number of nitrogens with zero attached hydrogens (tertiary/aromatic N) is 2. The van der Waals surface area contributed by atoms with Gasteiger partial charge in [-0.3, -0.25) is 24.6 Å². The van der Waals surface area contributed by atoms with Crippen molar-refractivity contribution in [2.75, 3.05) is 37.6 Å². The molecule has 27 heavy (non-hydrogen) atoms. The number of carbonyl (C=O) groups is 4. The van der Waals surface area contributed by atoms with Crippen molar-refractivity contribution >= 4 is 29.4 Å². The summed E-state index contributed by atoms with van der Waals surface area (Å²) in [7, 11) is 0. The molecule has 0 aromatic heterocycles. The summed E-state index contributed by atoms with van der Waals surface area (Å²) in [6.07, 6.45) is 1.75. The number of benzene rings is 1. The number of amides is 5. The smallest absolute Gasteiger partial charge is 0.329 e. The van der Waals surface area contributed by atoms with Gasteiger partial charge in [-0.25, -0.2) is 4.79 Å². The van der Waals surface area contributed by atoms with Crippen molar-refractivity contribution in [2.24, 2.45) is 11.7 Å². The van der Waals surface area contributed by atoms with Crippen molar-refractivity contribution < 1.29 is 19.2 Å². The molecule has 5 amide bonds. The average Bonchev–Trinajstić information content (AvgIpc) is 3.00. The minimum Gasteiger partial charge on any atom is -0.369 e. The molecule has 1 aromatic carbocycles. The SMILES string of the molecule is NC(=O)C1CCCN(CCNC(=O)c2ccc(N3CC(=O)NC3=O)cc2)C1. The predicted octanol–water partition coefficient (Wildman–Crippen LogP) is -0.330. The monoisotopic (exact) mass is 373 g/mol. The third kappa shape index (κ3) is 4.62. The Morgan fingerprint density at radius 3 is 2.59 bits per heavy atom. The lowest BCUT2D eigenvalue weighted by Gasteiger charge is -2.31. The number of likely N-dealkylation sites (tertiary alicyclic amines) is 1. The number of urea groups is 1. The molecule has 2 saturated heterocycles. The first kappa shape index (κ1) is 18.8. The van der Waals surface area contributed by atoms with Crippen LogP contribution in [0.4, 0.5) is 10.5 Å². The van der Waals surface area contributed by atoms with E-state index in [1.165, 1.54) is 4.90 Å². The maximum Gasteiger partial charge on any atom is 0.329 e. The van der Waals surface area contributed by atoms with E-state index in [-0.39, 0.29) is 30.2 Å². The fourth-order valence-electron chi connectivity index (χ4n) is 3.36. The standard InChI is InChI=1S/C18H23N5O4/c19-16(25)13-2-1-8-22(10-13)9-7-20-17(26)12-3-5-14(6-4-12)23-11-15(24)21-18(23)27/h3-6,13H,1-2,7-11H2,(H2,19,25)(H,20,26)(H,21,24,27). The van der Waals surface area contributed by atoms with E-state index in [0.717, 1.165) is 19.4 Å². The van der Waals surface area contributed by atoms with Crippen LogP contribution in [0.2, 0.25) is 0 Å². The summed E-state index contributed by atoms with van der Waals surface area (Å²) in [5, 5.41) is 5.06. The summed E-state index contributed by atoms with van der Waals surface area (Å²) < 4.78 is 0. The van der Waals surface area contributed by atoms with Gasteiger partial charge < -0.3 is 16.0 Å². The molecule has 9 nitrogen and oxygen atoms in total. The fraction of sp³-hybridized carbons (Fsp3) is 0.444. The lowest BCUT2D eigenvalue weighted by molar-refractivity contribution is -0.123. The van der Waals surface area contributed by atoms with Crippen molar-refractivity contribution in [1.82, 2.24) is 15.5 Å². The Bertz CT molecular complexity index is 749. The number of hydrogen-bond donors (Lipinski definition) is 3. The number of hydrogen-bond acceptors (Lipinski definition) is 5. The Morgan fingerprint density at radius 1 is 1.22 bits per heavy atom. The molecule has 1 atom stereocenters. The normalized spacial score (nSPS) is 20.4. The van der Waals surface area contributed by atoms with Gasteiger partial charge in [0.05, 0.1) is 5.92 Å². The van der Waals surface area contributed by atoms with E-state index in [4.69, 9.17) is 5.73 Å². The summed E-state index contributed by atoms with van der Waals surface area (Å²) in [4.78, 5) is 49.9. The number of piperidine rings is 1. The van der Waals surface area contributed by atoms with Gasteiger partial charge in [0.2, 0.25) is 11.8 Å². The number of carbonyl (C=O) groups excluding carboxylic acids is 4. The van der Waals surface area contributed by atoms with Crippen molar-refractivity contribution in [3.8, 4) is 0 Å². The molecule has 3 rings (SSSR count). The highest BCUT2D eigenvalue weighted by Gasteiger charge is 2.28. The molecular formula is C18H23N5O4. The molecule has 2 heterocycles. The average molecular weight is 373 g/mol. The molecule has 2 aliphatic heterocycles. The first-order valence-corrected chi connectivity index (χ1v) is 8.95. The highest BCUT2D eigenvalue weighted by molar-refractivity contribution is 6.12. The summed E-state index contributed by atoms with van der Waals surface area (Å²) >= 11 is 0. The second kappa shape index (κ2) is 8.17. The summed E-state index contributed by atoms with van der Waals surface area (Å²) in [5.41, 5.74) is 6.40. The molecular weight excluding hydrogens is 350 g/mol. The van der Waals surface area contributed by atoms with Gasteiger partial charge in [-0.1, -0.05) is 0 Å². The van der Waals surface area contributed by atoms with Gasteiger partial charge in [-0.15, -0.1) is 0 Å². The Hall–Kier alpha value is -2.94. The minimum absolute atomic E-state index is 0.0213. The summed E-state index contributed by atoms with van der Waals surface area (Å²) in [6.45, 7) is 2.63. The number of primary amides is 1. The minimum atomic E-state index is -0.465. The van der Waals surface area contributed by atoms with Crippen LogP contribution in [0.3, 0.4) is 0 Å². The van der Waals surface area contributed by atoms with Crippen molar-refractivity contribution in [3.05, 3.63) is 29.8 Å². The topological polar surface area (TPSA) is 125 Å². The van der Waals surface area contributed by atoms with Crippen LogP contribution in [0.1, 0.15) is 23.2 Å². The first-order chi connectivity index (χ1) is 12.9. The van der Waals surface area contributed by atoms with E-state index in [9.17, 15) is 19.2 Å². The molecule has 144 valence electrons. The molecule has 0 aliphatic carbocycles. The number of imide groups is 1. The molecule has 0 saturated carbocycles. The van der Waals surface area contributed by atoms with Crippen LogP contribution in [-0.2, 0) is 9.59 Å². The van der Waals surface area contributed by atoms with Gasteiger partial charge in [0.15, 0.2) is 0 Å². The Balaban J connectivity index is 1.48. The van der Waals surface area contributed by atoms with E-state index < -0.39 is 6.03 Å². The quantitative estimate of drug-likeness (QED) is 0.589. The maximum absolute atomic E-state index is 12.3. The molecule has 0 radical (unpaired) electrons. The van der Waals surface area contributed by atoms with Crippen LogP contribution in [0, 0.1) is 5.92 Å². The van der Waals surface area contributed by atoms with Gasteiger partial charge in [-0.05, 0) is 43.7 Å². The zero-order valence-corrected chi connectivity index (χ0v) is 14.9. The van der Waals surface area contributed by atoms with Crippen LogP contribution >= 0.6 is 0 Å². The predicted molar refractivity (Wildman–Crippen MR) is 98.0 cm³/mol. The third-order valence-electron chi connectivity index (χ3n) is 4.86. The second-order valence-electron chi connectivity index (χ2n) is 6.78. The van der Waals surface area contributed by atoms with Crippen molar-refractivity contribution in [2.45, 2.75) is 12.8 Å². The van der Waals surface area contributed by atoms with Crippen molar-refractivity contribution in [1.29, 1.82) is 0 Å². The van der Waals surface area contributed by atoms with Gasteiger partial charge in [0.25, 0.3) is 5.91 Å². The zero-order chi connectivity index (χ0) is 19.4. The summed E-state index contributed by atoms with van der Waals surface area (Å²) in [5.74, 6) is -0.945. The molecule has 2 aliphatic rings. The molecule has 9 heteroatoms. The van der Waals surface area contributed by atoms with E-state index in [1.807, 2.05) is 0 Å². The zero-order valence-electron chi connectivity index (χ0n) is 14.9. The Morgan fingerprint density at radius 2 is 1.96 bits per heavy atom. The van der Waals surface area contributed by atoms with Gasteiger partial charge in [0, 0.05) is 30.9 Å². The van der Waals surface area contributed by atoms with Gasteiger partial charge in [0.1, 0.15) is 6.54 Å². The molecule has 2 fully saturated rings. The van der Waals surface area contributed by atoms with E-state index in [0.29, 0.717) is 30.9 Å². The molecule has 4 N–H and O–H groups in total. The highest BCUT2D eigenvalue weighted by atomic mass is 16.2. The second-order valence-corrected chi connectivity index (χ2v) is 6.78. The lowest BCUT2D eigenvalue weighted by atomic mass is 9.97. The van der Waals surface area contributed by atoms with Crippen LogP contribution < -0.4 is 21.3 Å². The van der Waals surface area contributed by atoms with Crippen LogP contribution in [0.25, 0.3) is 0 Å². The number of anilines is 1.